The van der Waals surface area contributed by atoms with Crippen LogP contribution in [-0.2, 0) is 9.53 Å². The fourth-order valence-electron chi connectivity index (χ4n) is 1.72. The van der Waals surface area contributed by atoms with Gasteiger partial charge in [0.15, 0.2) is 5.82 Å². The highest BCUT2D eigenvalue weighted by Gasteiger charge is 2.16. The fraction of sp³-hybridized carbons (Fsp3) is 0.455. The summed E-state index contributed by atoms with van der Waals surface area (Å²) in [5.74, 6) is 0.560. The molecule has 0 aromatic carbocycles. The summed E-state index contributed by atoms with van der Waals surface area (Å²) >= 11 is 0. The van der Waals surface area contributed by atoms with E-state index in [9.17, 15) is 4.79 Å². The molecule has 1 aliphatic heterocycles. The summed E-state index contributed by atoms with van der Waals surface area (Å²) in [6, 6.07) is 3.61. The zero-order valence-electron chi connectivity index (χ0n) is 10.4. The number of morpholine rings is 1. The lowest BCUT2D eigenvalue weighted by molar-refractivity contribution is -0.114. The first-order valence-electron chi connectivity index (χ1n) is 5.59. The van der Waals surface area contributed by atoms with Crippen molar-refractivity contribution in [2.45, 2.75) is 0 Å². The van der Waals surface area contributed by atoms with Crippen LogP contribution in [0.4, 0.5) is 11.5 Å². The standard InChI is InChI=1S/C11H16N4O2.2ClH/c12-8-10(16)14-9-2-1-3-13-11(9)15-4-6-17-7-5-15;;/h1-3H,4-8,12H2,(H,14,16);2*1H. The van der Waals surface area contributed by atoms with E-state index in [4.69, 9.17) is 10.5 Å². The Balaban J connectivity index is 0.00000162. The first kappa shape index (κ1) is 17.9. The summed E-state index contributed by atoms with van der Waals surface area (Å²) in [6.07, 6.45) is 1.71. The SMILES string of the molecule is Cl.Cl.NCC(=O)Nc1cccnc1N1CCOCC1. The zero-order valence-corrected chi connectivity index (χ0v) is 12.0. The summed E-state index contributed by atoms with van der Waals surface area (Å²) in [5.41, 5.74) is 5.98. The minimum Gasteiger partial charge on any atom is -0.378 e. The maximum atomic E-state index is 11.3. The summed E-state index contributed by atoms with van der Waals surface area (Å²) in [7, 11) is 0. The number of nitrogens with zero attached hydrogens (tertiary/aromatic N) is 2. The molecule has 2 rings (SSSR count). The number of nitrogens with one attached hydrogen (secondary N) is 1. The van der Waals surface area contributed by atoms with E-state index in [1.54, 1.807) is 12.3 Å². The molecule has 2 heterocycles. The van der Waals surface area contributed by atoms with E-state index in [1.807, 2.05) is 6.07 Å². The molecule has 0 aliphatic carbocycles. The van der Waals surface area contributed by atoms with Gasteiger partial charge in [-0.1, -0.05) is 0 Å². The number of hydrogen-bond acceptors (Lipinski definition) is 5. The van der Waals surface area contributed by atoms with Gasteiger partial charge in [-0.2, -0.15) is 0 Å². The Bertz CT molecular complexity index is 400. The van der Waals surface area contributed by atoms with Gasteiger partial charge >= 0.3 is 0 Å². The third-order valence-electron chi connectivity index (χ3n) is 2.56. The molecule has 0 radical (unpaired) electrons. The number of aromatic nitrogens is 1. The van der Waals surface area contributed by atoms with Crippen LogP contribution in [0.2, 0.25) is 0 Å². The topological polar surface area (TPSA) is 80.5 Å². The third kappa shape index (κ3) is 4.83. The maximum absolute atomic E-state index is 11.3. The van der Waals surface area contributed by atoms with E-state index in [0.717, 1.165) is 18.9 Å². The Morgan fingerprint density at radius 3 is 2.74 bits per heavy atom. The maximum Gasteiger partial charge on any atom is 0.238 e. The number of carbonyl (C=O) groups excluding carboxylic acids is 1. The van der Waals surface area contributed by atoms with E-state index in [-0.39, 0.29) is 37.3 Å². The van der Waals surface area contributed by atoms with Crippen molar-refractivity contribution in [3.8, 4) is 0 Å². The predicted octanol–water partition coefficient (Wildman–Crippen LogP) is 0.659. The molecule has 3 N–H and O–H groups in total. The van der Waals surface area contributed by atoms with Gasteiger partial charge in [-0.05, 0) is 12.1 Å². The first-order valence-corrected chi connectivity index (χ1v) is 5.59. The van der Waals surface area contributed by atoms with Crippen LogP contribution in [0.25, 0.3) is 0 Å². The Morgan fingerprint density at radius 2 is 2.11 bits per heavy atom. The molecule has 0 saturated carbocycles. The van der Waals surface area contributed by atoms with Gasteiger partial charge in [0.05, 0.1) is 25.4 Å². The van der Waals surface area contributed by atoms with Crippen LogP contribution in [0, 0.1) is 0 Å². The molecule has 1 saturated heterocycles. The second kappa shape index (κ2) is 8.92. The highest BCUT2D eigenvalue weighted by atomic mass is 35.5. The highest BCUT2D eigenvalue weighted by Crippen LogP contribution is 2.23. The van der Waals surface area contributed by atoms with Crippen molar-refractivity contribution in [1.29, 1.82) is 0 Å². The van der Waals surface area contributed by atoms with Crippen molar-refractivity contribution in [3.05, 3.63) is 18.3 Å². The second-order valence-electron chi connectivity index (χ2n) is 3.73. The van der Waals surface area contributed by atoms with Crippen LogP contribution in [-0.4, -0.2) is 43.7 Å². The summed E-state index contributed by atoms with van der Waals surface area (Å²) < 4.78 is 5.29. The molecular formula is C11H18Cl2N4O2. The molecule has 0 unspecified atom stereocenters. The largest absolute Gasteiger partial charge is 0.378 e. The highest BCUT2D eigenvalue weighted by molar-refractivity contribution is 5.94. The molecule has 1 fully saturated rings. The summed E-state index contributed by atoms with van der Waals surface area (Å²) in [4.78, 5) is 17.7. The Labute approximate surface area is 124 Å². The van der Waals surface area contributed by atoms with Crippen molar-refractivity contribution < 1.29 is 9.53 Å². The molecule has 1 aromatic heterocycles. The van der Waals surface area contributed by atoms with Crippen molar-refractivity contribution in [2.24, 2.45) is 5.73 Å². The van der Waals surface area contributed by atoms with Crippen LogP contribution >= 0.6 is 24.8 Å². The molecule has 8 heteroatoms. The van der Waals surface area contributed by atoms with Crippen molar-refractivity contribution in [1.82, 2.24) is 4.98 Å². The van der Waals surface area contributed by atoms with E-state index >= 15 is 0 Å². The molecule has 0 spiro atoms. The predicted molar refractivity (Wildman–Crippen MR) is 79.4 cm³/mol. The second-order valence-corrected chi connectivity index (χ2v) is 3.73. The van der Waals surface area contributed by atoms with Gasteiger partial charge in [-0.3, -0.25) is 4.79 Å². The van der Waals surface area contributed by atoms with Gasteiger partial charge in [0.25, 0.3) is 0 Å². The number of amides is 1. The Morgan fingerprint density at radius 1 is 1.42 bits per heavy atom. The zero-order chi connectivity index (χ0) is 12.1. The number of ether oxygens (including phenoxy) is 1. The van der Waals surface area contributed by atoms with Gasteiger partial charge in [0.2, 0.25) is 5.91 Å². The lowest BCUT2D eigenvalue weighted by Crippen LogP contribution is -2.37. The van der Waals surface area contributed by atoms with Gasteiger partial charge in [0.1, 0.15) is 0 Å². The molecule has 19 heavy (non-hydrogen) atoms. The molecule has 1 aromatic rings. The van der Waals surface area contributed by atoms with Crippen LogP contribution in [0.3, 0.4) is 0 Å². The summed E-state index contributed by atoms with van der Waals surface area (Å²) in [6.45, 7) is 2.89. The number of rotatable bonds is 3. The monoisotopic (exact) mass is 308 g/mol. The molecule has 0 bridgehead atoms. The molecule has 108 valence electrons. The van der Waals surface area contributed by atoms with Gasteiger partial charge in [-0.15, -0.1) is 24.8 Å². The normalized spacial score (nSPS) is 14.1. The average Bonchev–Trinajstić information content (AvgIpc) is 2.40. The number of anilines is 2. The molecule has 1 amide bonds. The number of pyridine rings is 1. The summed E-state index contributed by atoms with van der Waals surface area (Å²) in [5, 5.41) is 2.75. The molecule has 0 atom stereocenters. The van der Waals surface area contributed by atoms with Crippen molar-refractivity contribution in [3.63, 3.8) is 0 Å². The molecule has 6 nitrogen and oxygen atoms in total. The lowest BCUT2D eigenvalue weighted by Gasteiger charge is -2.29. The minimum atomic E-state index is -0.215. The Kier molecular flexibility index (Phi) is 8.42. The smallest absolute Gasteiger partial charge is 0.238 e. The van der Waals surface area contributed by atoms with Crippen LogP contribution in [0.5, 0.6) is 0 Å². The van der Waals surface area contributed by atoms with E-state index < -0.39 is 0 Å². The first-order chi connectivity index (χ1) is 8.31. The van der Waals surface area contributed by atoms with E-state index in [1.165, 1.54) is 0 Å². The molecule has 1 aliphatic rings. The van der Waals surface area contributed by atoms with Crippen LogP contribution in [0.15, 0.2) is 18.3 Å². The Hall–Kier alpha value is -1.08. The number of carbonyl (C=O) groups is 1. The van der Waals surface area contributed by atoms with Crippen molar-refractivity contribution >= 4 is 42.2 Å². The lowest BCUT2D eigenvalue weighted by atomic mass is 10.3. The number of halogens is 2. The third-order valence-corrected chi connectivity index (χ3v) is 2.56. The number of nitrogens with two attached hydrogens (primary N) is 1. The average molecular weight is 309 g/mol. The van der Waals surface area contributed by atoms with E-state index in [0.29, 0.717) is 18.9 Å². The fourth-order valence-corrected chi connectivity index (χ4v) is 1.72. The van der Waals surface area contributed by atoms with Gasteiger partial charge in [-0.25, -0.2) is 4.98 Å². The van der Waals surface area contributed by atoms with Gasteiger partial charge in [0, 0.05) is 19.3 Å². The quantitative estimate of drug-likeness (QED) is 0.857. The van der Waals surface area contributed by atoms with Crippen LogP contribution < -0.4 is 16.0 Å². The minimum absolute atomic E-state index is 0. The number of hydrogen-bond donors (Lipinski definition) is 2. The van der Waals surface area contributed by atoms with Crippen LogP contribution in [0.1, 0.15) is 0 Å². The van der Waals surface area contributed by atoms with E-state index in [2.05, 4.69) is 15.2 Å². The van der Waals surface area contributed by atoms with Crippen molar-refractivity contribution in [2.75, 3.05) is 43.1 Å². The van der Waals surface area contributed by atoms with Gasteiger partial charge < -0.3 is 20.7 Å². The molecular weight excluding hydrogens is 291 g/mol.